The Bertz CT molecular complexity index is 674. The first-order valence-electron chi connectivity index (χ1n) is 7.04. The molecule has 21 heavy (non-hydrogen) atoms. The third-order valence-electron chi connectivity index (χ3n) is 4.01. The van der Waals surface area contributed by atoms with E-state index in [1.54, 1.807) is 6.20 Å². The highest BCUT2D eigenvalue weighted by molar-refractivity contribution is 6.35. The third-order valence-corrected chi connectivity index (χ3v) is 4.34. The number of nitrogens with zero attached hydrogens (tertiary/aromatic N) is 2. The van der Waals surface area contributed by atoms with E-state index in [2.05, 4.69) is 9.88 Å². The Balaban J connectivity index is 1.92. The Morgan fingerprint density at radius 2 is 2.33 bits per heavy atom. The molecule has 3 rings (SSSR count). The number of rotatable bonds is 3. The first kappa shape index (κ1) is 14.3. The number of halogens is 1. The number of esters is 1. The molecule has 5 heteroatoms. The number of likely N-dealkylation sites (tertiary alicyclic amines) is 1. The Hall–Kier alpha value is -1.65. The zero-order valence-corrected chi connectivity index (χ0v) is 12.6. The predicted molar refractivity (Wildman–Crippen MR) is 82.2 cm³/mol. The molecule has 1 aliphatic rings. The van der Waals surface area contributed by atoms with Crippen LogP contribution in [0.2, 0.25) is 5.02 Å². The number of hydrogen-bond acceptors (Lipinski definition) is 4. The van der Waals surface area contributed by atoms with E-state index in [9.17, 15) is 4.79 Å². The summed E-state index contributed by atoms with van der Waals surface area (Å²) >= 11 is 6.22. The highest BCUT2D eigenvalue weighted by Crippen LogP contribution is 2.28. The minimum Gasteiger partial charge on any atom is -0.468 e. The Morgan fingerprint density at radius 1 is 1.48 bits per heavy atom. The maximum Gasteiger partial charge on any atom is 0.323 e. The van der Waals surface area contributed by atoms with Crippen molar-refractivity contribution >= 4 is 28.5 Å². The summed E-state index contributed by atoms with van der Waals surface area (Å²) in [6, 6.07) is 7.58. The zero-order chi connectivity index (χ0) is 14.8. The van der Waals surface area contributed by atoms with Gasteiger partial charge in [-0.25, -0.2) is 0 Å². The molecule has 0 bridgehead atoms. The van der Waals surface area contributed by atoms with E-state index in [1.165, 1.54) is 7.11 Å². The van der Waals surface area contributed by atoms with Crippen LogP contribution in [0, 0.1) is 0 Å². The van der Waals surface area contributed by atoms with Crippen molar-refractivity contribution in [2.75, 3.05) is 13.7 Å². The molecule has 1 unspecified atom stereocenters. The molecule has 4 nitrogen and oxygen atoms in total. The van der Waals surface area contributed by atoms with Gasteiger partial charge in [-0.05, 0) is 43.1 Å². The number of carbonyl (C=O) groups is 1. The van der Waals surface area contributed by atoms with Crippen molar-refractivity contribution < 1.29 is 9.53 Å². The largest absolute Gasteiger partial charge is 0.468 e. The lowest BCUT2D eigenvalue weighted by atomic mass is 10.1. The van der Waals surface area contributed by atoms with Gasteiger partial charge in [0.1, 0.15) is 6.04 Å². The van der Waals surface area contributed by atoms with E-state index < -0.39 is 0 Å². The molecular weight excluding hydrogens is 288 g/mol. The van der Waals surface area contributed by atoms with Gasteiger partial charge in [-0.15, -0.1) is 0 Å². The van der Waals surface area contributed by atoms with Gasteiger partial charge in [0.15, 0.2) is 0 Å². The molecule has 1 aromatic heterocycles. The van der Waals surface area contributed by atoms with Crippen LogP contribution in [0.4, 0.5) is 0 Å². The van der Waals surface area contributed by atoms with Crippen LogP contribution in [0.1, 0.15) is 18.4 Å². The van der Waals surface area contributed by atoms with Crippen LogP contribution in [0.25, 0.3) is 10.9 Å². The number of pyridine rings is 1. The van der Waals surface area contributed by atoms with E-state index in [1.807, 2.05) is 24.3 Å². The second kappa shape index (κ2) is 6.00. The molecule has 1 atom stereocenters. The molecule has 1 fully saturated rings. The van der Waals surface area contributed by atoms with Crippen LogP contribution >= 0.6 is 11.6 Å². The van der Waals surface area contributed by atoms with Gasteiger partial charge >= 0.3 is 5.97 Å². The second-order valence-corrected chi connectivity index (χ2v) is 5.66. The fourth-order valence-corrected chi connectivity index (χ4v) is 3.18. The molecule has 1 aliphatic heterocycles. The van der Waals surface area contributed by atoms with Crippen LogP contribution in [-0.2, 0) is 16.1 Å². The smallest absolute Gasteiger partial charge is 0.323 e. The molecule has 0 spiro atoms. The minimum absolute atomic E-state index is 0.149. The number of benzene rings is 1. The number of fused-ring (bicyclic) bond motifs is 1. The SMILES string of the molecule is COC(=O)C1CCCN1Cc1ccc(Cl)c2cccnc12. The number of ether oxygens (including phenoxy) is 1. The lowest BCUT2D eigenvalue weighted by molar-refractivity contribution is -0.146. The molecule has 0 N–H and O–H groups in total. The van der Waals surface area contributed by atoms with Gasteiger partial charge < -0.3 is 4.74 Å². The highest BCUT2D eigenvalue weighted by Gasteiger charge is 2.31. The first-order chi connectivity index (χ1) is 10.2. The van der Waals surface area contributed by atoms with Gasteiger partial charge in [0, 0.05) is 23.2 Å². The summed E-state index contributed by atoms with van der Waals surface area (Å²) in [6.45, 7) is 1.58. The van der Waals surface area contributed by atoms with Crippen molar-refractivity contribution in [2.24, 2.45) is 0 Å². The van der Waals surface area contributed by atoms with Gasteiger partial charge in [-0.2, -0.15) is 0 Å². The van der Waals surface area contributed by atoms with Crippen molar-refractivity contribution in [1.29, 1.82) is 0 Å². The maximum absolute atomic E-state index is 11.8. The van der Waals surface area contributed by atoms with Crippen LogP contribution in [-0.4, -0.2) is 35.5 Å². The normalized spacial score (nSPS) is 19.0. The topological polar surface area (TPSA) is 42.4 Å². The van der Waals surface area contributed by atoms with Crippen molar-refractivity contribution in [3.05, 3.63) is 41.0 Å². The monoisotopic (exact) mass is 304 g/mol. The molecule has 0 aliphatic carbocycles. The summed E-state index contributed by atoms with van der Waals surface area (Å²) in [5.41, 5.74) is 1.99. The fraction of sp³-hybridized carbons (Fsp3) is 0.375. The van der Waals surface area contributed by atoms with Crippen LogP contribution < -0.4 is 0 Å². The molecule has 2 aromatic rings. The number of aromatic nitrogens is 1. The highest BCUT2D eigenvalue weighted by atomic mass is 35.5. The number of methoxy groups -OCH3 is 1. The zero-order valence-electron chi connectivity index (χ0n) is 11.9. The van der Waals surface area contributed by atoms with E-state index in [0.29, 0.717) is 11.6 Å². The molecule has 110 valence electrons. The average Bonchev–Trinajstić information content (AvgIpc) is 2.98. The summed E-state index contributed by atoms with van der Waals surface area (Å²) < 4.78 is 4.89. The summed E-state index contributed by atoms with van der Waals surface area (Å²) in [5.74, 6) is -0.154. The summed E-state index contributed by atoms with van der Waals surface area (Å²) in [4.78, 5) is 18.4. The molecule has 1 saturated heterocycles. The fourth-order valence-electron chi connectivity index (χ4n) is 2.96. The Labute approximate surface area is 128 Å². The van der Waals surface area contributed by atoms with Crippen molar-refractivity contribution in [1.82, 2.24) is 9.88 Å². The van der Waals surface area contributed by atoms with E-state index in [-0.39, 0.29) is 12.0 Å². The van der Waals surface area contributed by atoms with Crippen LogP contribution in [0.15, 0.2) is 30.5 Å². The Morgan fingerprint density at radius 3 is 3.14 bits per heavy atom. The van der Waals surface area contributed by atoms with Gasteiger partial charge in [-0.3, -0.25) is 14.7 Å². The molecular formula is C16H17ClN2O2. The van der Waals surface area contributed by atoms with E-state index >= 15 is 0 Å². The first-order valence-corrected chi connectivity index (χ1v) is 7.42. The molecule has 1 aromatic carbocycles. The molecule has 0 saturated carbocycles. The van der Waals surface area contributed by atoms with E-state index in [4.69, 9.17) is 16.3 Å². The third kappa shape index (κ3) is 2.74. The van der Waals surface area contributed by atoms with E-state index in [0.717, 1.165) is 35.9 Å². The van der Waals surface area contributed by atoms with Gasteiger partial charge in [0.2, 0.25) is 0 Å². The lowest BCUT2D eigenvalue weighted by Gasteiger charge is -2.22. The second-order valence-electron chi connectivity index (χ2n) is 5.26. The number of carbonyl (C=O) groups excluding carboxylic acids is 1. The minimum atomic E-state index is -0.154. The summed E-state index contributed by atoms with van der Waals surface area (Å²) in [7, 11) is 1.44. The van der Waals surface area contributed by atoms with Crippen molar-refractivity contribution in [3.63, 3.8) is 0 Å². The molecule has 0 amide bonds. The predicted octanol–water partition coefficient (Wildman–Crippen LogP) is 3.03. The van der Waals surface area contributed by atoms with Crippen molar-refractivity contribution in [3.8, 4) is 0 Å². The van der Waals surface area contributed by atoms with Gasteiger partial charge in [0.05, 0.1) is 12.6 Å². The van der Waals surface area contributed by atoms with Gasteiger partial charge in [-0.1, -0.05) is 17.7 Å². The molecule has 2 heterocycles. The summed E-state index contributed by atoms with van der Waals surface area (Å²) in [6.07, 6.45) is 3.63. The average molecular weight is 305 g/mol. The maximum atomic E-state index is 11.8. The van der Waals surface area contributed by atoms with Crippen LogP contribution in [0.5, 0.6) is 0 Å². The quantitative estimate of drug-likeness (QED) is 0.818. The van der Waals surface area contributed by atoms with Crippen molar-refractivity contribution in [2.45, 2.75) is 25.4 Å². The number of hydrogen-bond donors (Lipinski definition) is 0. The lowest BCUT2D eigenvalue weighted by Crippen LogP contribution is -2.36. The Kier molecular flexibility index (Phi) is 4.08. The standard InChI is InChI=1S/C16H17ClN2O2/c1-21-16(20)14-5-3-9-19(14)10-11-6-7-13(17)12-4-2-8-18-15(11)12/h2,4,6-8,14H,3,5,9-10H2,1H3. The summed E-state index contributed by atoms with van der Waals surface area (Å²) in [5, 5.41) is 1.65. The van der Waals surface area contributed by atoms with Gasteiger partial charge in [0.25, 0.3) is 0 Å². The van der Waals surface area contributed by atoms with Crippen LogP contribution in [0.3, 0.4) is 0 Å². The molecule has 0 radical (unpaired) electrons.